The van der Waals surface area contributed by atoms with E-state index in [0.717, 1.165) is 0 Å². The number of aliphatic carboxylic acids is 2. The third-order valence-corrected chi connectivity index (χ3v) is 1.03. The molecular weight excluding hydrogens is 160 g/mol. The zero-order chi connectivity index (χ0) is 9.98. The molecule has 0 heterocycles. The summed E-state index contributed by atoms with van der Waals surface area (Å²) in [5, 5.41) is 16.3. The Hall–Kier alpha value is -1.06. The minimum Gasteiger partial charge on any atom is -0.481 e. The number of carbonyl (C=O) groups is 2. The Morgan fingerprint density at radius 1 is 0.917 bits per heavy atom. The highest BCUT2D eigenvalue weighted by Crippen LogP contribution is 1.98. The van der Waals surface area contributed by atoms with E-state index in [0.29, 0.717) is 12.8 Å². The molecule has 0 saturated carbocycles. The number of unbranched alkanes of at least 4 members (excludes halogenated alkanes) is 1. The quantitative estimate of drug-likeness (QED) is 0.625. The smallest absolute Gasteiger partial charge is 0.303 e. The van der Waals surface area contributed by atoms with Gasteiger partial charge in [0.1, 0.15) is 0 Å². The van der Waals surface area contributed by atoms with Gasteiger partial charge in [0, 0.05) is 12.8 Å². The fourth-order valence-corrected chi connectivity index (χ4v) is 0.552. The van der Waals surface area contributed by atoms with Crippen LogP contribution in [-0.2, 0) is 9.59 Å². The molecule has 0 spiro atoms. The normalized spacial score (nSPS) is 8.17. The molecule has 0 unspecified atom stereocenters. The van der Waals surface area contributed by atoms with E-state index in [9.17, 15) is 9.59 Å². The van der Waals surface area contributed by atoms with Crippen molar-refractivity contribution in [2.75, 3.05) is 0 Å². The van der Waals surface area contributed by atoms with Gasteiger partial charge < -0.3 is 10.2 Å². The van der Waals surface area contributed by atoms with E-state index < -0.39 is 11.9 Å². The molecule has 0 bridgehead atoms. The van der Waals surface area contributed by atoms with Gasteiger partial charge in [-0.25, -0.2) is 0 Å². The highest BCUT2D eigenvalue weighted by atomic mass is 16.4. The van der Waals surface area contributed by atoms with Gasteiger partial charge >= 0.3 is 11.9 Å². The van der Waals surface area contributed by atoms with Crippen LogP contribution in [0.4, 0.5) is 0 Å². The van der Waals surface area contributed by atoms with E-state index in [2.05, 4.69) is 0 Å². The molecule has 0 atom stereocenters. The first-order valence-corrected chi connectivity index (χ1v) is 4.06. The van der Waals surface area contributed by atoms with Gasteiger partial charge in [-0.2, -0.15) is 0 Å². The van der Waals surface area contributed by atoms with Crippen molar-refractivity contribution < 1.29 is 19.8 Å². The summed E-state index contributed by atoms with van der Waals surface area (Å²) in [4.78, 5) is 19.8. The Morgan fingerprint density at radius 3 is 1.33 bits per heavy atom. The molecule has 0 aliphatic heterocycles. The summed E-state index contributed by atoms with van der Waals surface area (Å²) >= 11 is 0. The Balaban J connectivity index is 0. The fourth-order valence-electron chi connectivity index (χ4n) is 0.552. The topological polar surface area (TPSA) is 74.6 Å². The first-order chi connectivity index (χ1) is 5.63. The maximum Gasteiger partial charge on any atom is 0.303 e. The van der Waals surface area contributed by atoms with Crippen LogP contribution in [0.2, 0.25) is 0 Å². The van der Waals surface area contributed by atoms with Crippen LogP contribution in [0.1, 0.15) is 39.5 Å². The third-order valence-electron chi connectivity index (χ3n) is 1.03. The van der Waals surface area contributed by atoms with Crippen molar-refractivity contribution in [2.24, 2.45) is 0 Å². The number of hydrogen-bond donors (Lipinski definition) is 2. The monoisotopic (exact) mass is 176 g/mol. The predicted molar refractivity (Wildman–Crippen MR) is 45.1 cm³/mol. The highest BCUT2D eigenvalue weighted by molar-refractivity contribution is 5.67. The summed E-state index contributed by atoms with van der Waals surface area (Å²) in [5.74, 6) is -1.74. The van der Waals surface area contributed by atoms with Crippen LogP contribution in [-0.4, -0.2) is 22.2 Å². The Bertz CT molecular complexity index is 115. The lowest BCUT2D eigenvalue weighted by Gasteiger charge is -1.92. The molecule has 0 radical (unpaired) electrons. The van der Waals surface area contributed by atoms with Gasteiger partial charge in [-0.3, -0.25) is 9.59 Å². The van der Waals surface area contributed by atoms with E-state index in [-0.39, 0.29) is 12.8 Å². The fraction of sp³-hybridized carbons (Fsp3) is 0.750. The lowest BCUT2D eigenvalue weighted by atomic mass is 10.2. The van der Waals surface area contributed by atoms with Gasteiger partial charge in [-0.05, 0) is 12.8 Å². The lowest BCUT2D eigenvalue weighted by molar-refractivity contribution is -0.139. The van der Waals surface area contributed by atoms with Crippen molar-refractivity contribution in [3.63, 3.8) is 0 Å². The molecule has 4 nitrogen and oxygen atoms in total. The molecule has 0 aliphatic rings. The van der Waals surface area contributed by atoms with Gasteiger partial charge in [0.05, 0.1) is 0 Å². The van der Waals surface area contributed by atoms with Crippen molar-refractivity contribution in [1.29, 1.82) is 0 Å². The van der Waals surface area contributed by atoms with Gasteiger partial charge in [0.2, 0.25) is 0 Å². The molecule has 0 aromatic heterocycles. The number of carboxylic acids is 2. The van der Waals surface area contributed by atoms with E-state index in [1.165, 1.54) is 0 Å². The van der Waals surface area contributed by atoms with Crippen LogP contribution in [0.3, 0.4) is 0 Å². The molecule has 0 fully saturated rings. The molecule has 0 aromatic carbocycles. The predicted octanol–water partition coefficient (Wildman–Crippen LogP) is 1.74. The summed E-state index contributed by atoms with van der Waals surface area (Å²) in [6, 6.07) is 0. The van der Waals surface area contributed by atoms with E-state index in [1.54, 1.807) is 0 Å². The van der Waals surface area contributed by atoms with Crippen LogP contribution >= 0.6 is 0 Å². The standard InChI is InChI=1S/C6H10O4.C2H6/c7-5(8)3-1-2-4-6(9)10;1-2/h1-4H2,(H,7,8)(H,9,10);1-2H3. The van der Waals surface area contributed by atoms with Crippen LogP contribution in [0.5, 0.6) is 0 Å². The maximum atomic E-state index is 9.90. The molecule has 2 N–H and O–H groups in total. The van der Waals surface area contributed by atoms with Crippen molar-refractivity contribution in [3.05, 3.63) is 0 Å². The number of carboxylic acid groups (broad SMARTS) is 2. The molecular formula is C8H16O4. The minimum atomic E-state index is -0.870. The highest BCUT2D eigenvalue weighted by Gasteiger charge is 1.99. The Morgan fingerprint density at radius 2 is 1.17 bits per heavy atom. The first kappa shape index (κ1) is 13.5. The molecule has 0 amide bonds. The zero-order valence-corrected chi connectivity index (χ0v) is 7.54. The second-order valence-corrected chi connectivity index (χ2v) is 1.99. The van der Waals surface area contributed by atoms with Crippen LogP contribution < -0.4 is 0 Å². The summed E-state index contributed by atoms with van der Waals surface area (Å²) in [6.07, 6.45) is 1.02. The first-order valence-electron chi connectivity index (χ1n) is 4.06. The van der Waals surface area contributed by atoms with Crippen LogP contribution in [0, 0.1) is 0 Å². The second-order valence-electron chi connectivity index (χ2n) is 1.99. The maximum absolute atomic E-state index is 9.90. The SMILES string of the molecule is CC.O=C(O)CCCCC(=O)O. The summed E-state index contributed by atoms with van der Waals surface area (Å²) in [6.45, 7) is 4.00. The molecule has 0 rings (SSSR count). The molecule has 0 saturated heterocycles. The minimum absolute atomic E-state index is 0.0628. The van der Waals surface area contributed by atoms with Gasteiger partial charge in [0.15, 0.2) is 0 Å². The average Bonchev–Trinajstić information content (AvgIpc) is 2.02. The van der Waals surface area contributed by atoms with Gasteiger partial charge in [0.25, 0.3) is 0 Å². The molecule has 72 valence electrons. The van der Waals surface area contributed by atoms with Crippen LogP contribution in [0.15, 0.2) is 0 Å². The van der Waals surface area contributed by atoms with Crippen LogP contribution in [0.25, 0.3) is 0 Å². The average molecular weight is 176 g/mol. The van der Waals surface area contributed by atoms with Crippen molar-refractivity contribution >= 4 is 11.9 Å². The van der Waals surface area contributed by atoms with Crippen molar-refractivity contribution in [1.82, 2.24) is 0 Å². The largest absolute Gasteiger partial charge is 0.481 e. The summed E-state index contributed by atoms with van der Waals surface area (Å²) < 4.78 is 0. The van der Waals surface area contributed by atoms with Crippen molar-refractivity contribution in [2.45, 2.75) is 39.5 Å². The molecule has 0 aromatic rings. The van der Waals surface area contributed by atoms with E-state index in [1.807, 2.05) is 13.8 Å². The van der Waals surface area contributed by atoms with Gasteiger partial charge in [-0.1, -0.05) is 13.8 Å². The Kier molecular flexibility index (Phi) is 11.2. The lowest BCUT2D eigenvalue weighted by Crippen LogP contribution is -1.97. The molecule has 12 heavy (non-hydrogen) atoms. The van der Waals surface area contributed by atoms with Gasteiger partial charge in [-0.15, -0.1) is 0 Å². The van der Waals surface area contributed by atoms with E-state index in [4.69, 9.17) is 10.2 Å². The summed E-state index contributed by atoms with van der Waals surface area (Å²) in [5.41, 5.74) is 0. The Labute approximate surface area is 72.2 Å². The van der Waals surface area contributed by atoms with Crippen molar-refractivity contribution in [3.8, 4) is 0 Å². The number of rotatable bonds is 5. The zero-order valence-electron chi connectivity index (χ0n) is 7.54. The summed E-state index contributed by atoms with van der Waals surface area (Å²) in [7, 11) is 0. The van der Waals surface area contributed by atoms with E-state index >= 15 is 0 Å². The molecule has 4 heteroatoms. The number of hydrogen-bond acceptors (Lipinski definition) is 2. The third kappa shape index (κ3) is 16.0. The molecule has 0 aliphatic carbocycles. The second kappa shape index (κ2) is 9.94.